The fraction of sp³-hybridized carbons (Fsp3) is 0.429. The number of hydrogen-bond donors (Lipinski definition) is 1. The predicted octanol–water partition coefficient (Wildman–Crippen LogP) is 5.25. The third-order valence-electron chi connectivity index (χ3n) is 5.19. The van der Waals surface area contributed by atoms with Crippen LogP contribution in [0.25, 0.3) is 0 Å². The van der Waals surface area contributed by atoms with E-state index in [-0.39, 0.29) is 0 Å². The lowest BCUT2D eigenvalue weighted by atomic mass is 9.90. The van der Waals surface area contributed by atoms with Crippen molar-refractivity contribution >= 4 is 0 Å². The Kier molecular flexibility index (Phi) is 5.48. The van der Waals surface area contributed by atoms with Crippen LogP contribution in [0, 0.1) is 34.6 Å². The molecule has 0 heterocycles. The van der Waals surface area contributed by atoms with Gasteiger partial charge in [0.1, 0.15) is 12.4 Å². The summed E-state index contributed by atoms with van der Waals surface area (Å²) < 4.78 is 5.99. The van der Waals surface area contributed by atoms with E-state index in [0.29, 0.717) is 6.61 Å². The Morgan fingerprint density at radius 1 is 0.826 bits per heavy atom. The Balaban J connectivity index is 2.18. The molecule has 0 unspecified atom stereocenters. The van der Waals surface area contributed by atoms with Gasteiger partial charge in [-0.3, -0.25) is 0 Å². The quantitative estimate of drug-likeness (QED) is 0.817. The summed E-state index contributed by atoms with van der Waals surface area (Å²) in [4.78, 5) is 0. The lowest BCUT2D eigenvalue weighted by Crippen LogP contribution is -2.06. The second kappa shape index (κ2) is 7.18. The summed E-state index contributed by atoms with van der Waals surface area (Å²) in [5, 5.41) is 9.85. The molecule has 0 aliphatic carbocycles. The minimum Gasteiger partial charge on any atom is -0.489 e. The summed E-state index contributed by atoms with van der Waals surface area (Å²) in [5.74, 6) is 0.840. The Bertz CT molecular complexity index is 655. The van der Waals surface area contributed by atoms with Crippen molar-refractivity contribution in [1.29, 1.82) is 0 Å². The van der Waals surface area contributed by atoms with Crippen molar-refractivity contribution in [3.05, 3.63) is 63.2 Å². The van der Waals surface area contributed by atoms with Crippen LogP contribution in [0.3, 0.4) is 0 Å². The average molecular weight is 312 g/mol. The van der Waals surface area contributed by atoms with Crippen LogP contribution < -0.4 is 4.74 Å². The van der Waals surface area contributed by atoms with Crippen LogP contribution in [-0.2, 0) is 6.61 Å². The number of aliphatic hydroxyl groups is 1. The molecule has 0 aliphatic rings. The fourth-order valence-electron chi connectivity index (χ4n) is 2.97. The molecular formula is C21H28O2. The van der Waals surface area contributed by atoms with E-state index in [1.54, 1.807) is 0 Å². The first kappa shape index (κ1) is 17.6. The van der Waals surface area contributed by atoms with Crippen molar-refractivity contribution in [3.8, 4) is 5.75 Å². The monoisotopic (exact) mass is 312 g/mol. The number of rotatable bonds is 5. The highest BCUT2D eigenvalue weighted by Gasteiger charge is 2.13. The van der Waals surface area contributed by atoms with Crippen LogP contribution in [0.5, 0.6) is 5.75 Å². The molecule has 2 aromatic carbocycles. The zero-order valence-electron chi connectivity index (χ0n) is 15.2. The summed E-state index contributed by atoms with van der Waals surface area (Å²) in [5.41, 5.74) is 8.95. The summed E-state index contributed by atoms with van der Waals surface area (Å²) in [6.07, 6.45) is 0.330. The fourth-order valence-corrected chi connectivity index (χ4v) is 2.97. The highest BCUT2D eigenvalue weighted by Crippen LogP contribution is 2.27. The second-order valence-corrected chi connectivity index (χ2v) is 6.39. The zero-order chi connectivity index (χ0) is 17.1. The second-order valence-electron chi connectivity index (χ2n) is 6.39. The molecule has 2 heteroatoms. The molecule has 0 bridgehead atoms. The van der Waals surface area contributed by atoms with Gasteiger partial charge in [0.25, 0.3) is 0 Å². The van der Waals surface area contributed by atoms with E-state index >= 15 is 0 Å². The van der Waals surface area contributed by atoms with Crippen LogP contribution in [0.15, 0.2) is 24.3 Å². The smallest absolute Gasteiger partial charge is 0.119 e. The number of hydrogen-bond acceptors (Lipinski definition) is 2. The molecule has 0 aliphatic heterocycles. The van der Waals surface area contributed by atoms with Gasteiger partial charge in [-0.15, -0.1) is 0 Å². The molecule has 0 amide bonds. The maximum Gasteiger partial charge on any atom is 0.119 e. The summed E-state index contributed by atoms with van der Waals surface area (Å²) in [6.45, 7) is 13.5. The van der Waals surface area contributed by atoms with Crippen molar-refractivity contribution in [2.75, 3.05) is 0 Å². The first-order valence-corrected chi connectivity index (χ1v) is 8.33. The van der Waals surface area contributed by atoms with Crippen LogP contribution in [0.4, 0.5) is 0 Å². The van der Waals surface area contributed by atoms with E-state index in [1.807, 2.05) is 31.2 Å². The van der Waals surface area contributed by atoms with Crippen molar-refractivity contribution < 1.29 is 9.84 Å². The first-order chi connectivity index (χ1) is 10.9. The lowest BCUT2D eigenvalue weighted by molar-refractivity contribution is 0.173. The van der Waals surface area contributed by atoms with Crippen molar-refractivity contribution in [2.45, 2.75) is 60.7 Å². The first-order valence-electron chi connectivity index (χ1n) is 8.33. The molecule has 0 spiro atoms. The molecular weight excluding hydrogens is 284 g/mol. The Morgan fingerprint density at radius 2 is 1.30 bits per heavy atom. The van der Waals surface area contributed by atoms with Crippen molar-refractivity contribution in [2.24, 2.45) is 0 Å². The highest BCUT2D eigenvalue weighted by atomic mass is 16.5. The van der Waals surface area contributed by atoms with Crippen molar-refractivity contribution in [1.82, 2.24) is 0 Å². The van der Waals surface area contributed by atoms with E-state index in [2.05, 4.69) is 34.6 Å². The van der Waals surface area contributed by atoms with Gasteiger partial charge in [0.05, 0.1) is 6.10 Å². The van der Waals surface area contributed by atoms with Gasteiger partial charge < -0.3 is 9.84 Å². The Hall–Kier alpha value is -1.80. The number of ether oxygens (including phenoxy) is 1. The van der Waals surface area contributed by atoms with Crippen LogP contribution >= 0.6 is 0 Å². The molecule has 1 N–H and O–H groups in total. The Morgan fingerprint density at radius 3 is 1.78 bits per heavy atom. The number of benzene rings is 2. The largest absolute Gasteiger partial charge is 0.489 e. The van der Waals surface area contributed by atoms with E-state index < -0.39 is 6.10 Å². The molecule has 2 rings (SSSR count). The molecule has 124 valence electrons. The zero-order valence-corrected chi connectivity index (χ0v) is 15.2. The van der Waals surface area contributed by atoms with E-state index in [1.165, 1.54) is 33.4 Å². The van der Waals surface area contributed by atoms with Gasteiger partial charge >= 0.3 is 0 Å². The molecule has 1 atom stereocenters. The van der Waals surface area contributed by atoms with Gasteiger partial charge in [-0.2, -0.15) is 0 Å². The third-order valence-corrected chi connectivity index (χ3v) is 5.19. The van der Waals surface area contributed by atoms with Crippen LogP contribution in [-0.4, -0.2) is 5.11 Å². The minimum atomic E-state index is -0.393. The van der Waals surface area contributed by atoms with E-state index in [4.69, 9.17) is 4.74 Å². The highest BCUT2D eigenvalue weighted by molar-refractivity contribution is 5.49. The average Bonchev–Trinajstić information content (AvgIpc) is 2.58. The van der Waals surface area contributed by atoms with Crippen molar-refractivity contribution in [3.63, 3.8) is 0 Å². The SMILES string of the molecule is CC[C@H](O)c1ccc(OCc2c(C)c(C)c(C)c(C)c2C)cc1. The molecule has 0 radical (unpaired) electrons. The molecule has 0 saturated heterocycles. The van der Waals surface area contributed by atoms with Crippen LogP contribution in [0.1, 0.15) is 58.4 Å². The number of aliphatic hydroxyl groups excluding tert-OH is 1. The maximum absolute atomic E-state index is 9.85. The predicted molar refractivity (Wildman–Crippen MR) is 96.2 cm³/mol. The molecule has 2 aromatic rings. The molecule has 0 aromatic heterocycles. The molecule has 0 saturated carbocycles. The molecule has 2 nitrogen and oxygen atoms in total. The van der Waals surface area contributed by atoms with Gasteiger partial charge in [0.15, 0.2) is 0 Å². The molecule has 0 fully saturated rings. The van der Waals surface area contributed by atoms with Gasteiger partial charge in [-0.25, -0.2) is 0 Å². The van der Waals surface area contributed by atoms with Gasteiger partial charge in [0, 0.05) is 0 Å². The summed E-state index contributed by atoms with van der Waals surface area (Å²) in [6, 6.07) is 7.75. The maximum atomic E-state index is 9.85. The van der Waals surface area contributed by atoms with Gasteiger partial charge in [-0.1, -0.05) is 19.1 Å². The summed E-state index contributed by atoms with van der Waals surface area (Å²) in [7, 11) is 0. The third kappa shape index (κ3) is 3.59. The minimum absolute atomic E-state index is 0.393. The van der Waals surface area contributed by atoms with E-state index in [0.717, 1.165) is 17.7 Å². The standard InChI is InChI=1S/C21H28O2/c1-7-21(22)18-8-10-19(11-9-18)23-12-20-16(5)14(3)13(2)15(4)17(20)6/h8-11,21-22H,7,12H2,1-6H3/t21-/m0/s1. The van der Waals surface area contributed by atoms with Gasteiger partial charge in [-0.05, 0) is 92.1 Å². The topological polar surface area (TPSA) is 29.5 Å². The van der Waals surface area contributed by atoms with E-state index in [9.17, 15) is 5.11 Å². The Labute approximate surface area is 140 Å². The normalized spacial score (nSPS) is 12.3. The summed E-state index contributed by atoms with van der Waals surface area (Å²) >= 11 is 0. The lowest BCUT2D eigenvalue weighted by Gasteiger charge is -2.19. The van der Waals surface area contributed by atoms with Gasteiger partial charge in [0.2, 0.25) is 0 Å². The van der Waals surface area contributed by atoms with Crippen LogP contribution in [0.2, 0.25) is 0 Å². The molecule has 23 heavy (non-hydrogen) atoms.